The van der Waals surface area contributed by atoms with E-state index in [1.165, 1.54) is 111 Å². The SMILES string of the molecule is c1ccc(-c2ccc(-n3c4ccc(-c5ccc6c(c5)-c5ccccc5C6c5cccc(-c6ccccc6)c5)cc4c4c5c(ccc43)Cc3ccccc3-5)cc2)cc1. The molecule has 10 aromatic rings. The van der Waals surface area contributed by atoms with Crippen LogP contribution in [0.25, 0.3) is 83.1 Å². The average molecular weight is 724 g/mol. The molecule has 1 unspecified atom stereocenters. The predicted octanol–water partition coefficient (Wildman–Crippen LogP) is 14.5. The van der Waals surface area contributed by atoms with E-state index < -0.39 is 0 Å². The summed E-state index contributed by atoms with van der Waals surface area (Å²) in [4.78, 5) is 0. The number of hydrogen-bond donors (Lipinski definition) is 0. The van der Waals surface area contributed by atoms with E-state index in [-0.39, 0.29) is 5.92 Å². The molecule has 0 bridgehead atoms. The number of nitrogens with zero attached hydrogens (tertiary/aromatic N) is 1. The zero-order chi connectivity index (χ0) is 37.5. The van der Waals surface area contributed by atoms with Crippen LogP contribution in [0.15, 0.2) is 206 Å². The Balaban J connectivity index is 1.02. The summed E-state index contributed by atoms with van der Waals surface area (Å²) < 4.78 is 2.47. The Hall–Kier alpha value is -7.22. The molecular weight excluding hydrogens is 687 g/mol. The topological polar surface area (TPSA) is 4.93 Å². The van der Waals surface area contributed by atoms with Crippen molar-refractivity contribution in [2.45, 2.75) is 12.3 Å². The lowest BCUT2D eigenvalue weighted by Gasteiger charge is -2.16. The molecule has 266 valence electrons. The summed E-state index contributed by atoms with van der Waals surface area (Å²) >= 11 is 0. The number of aromatic nitrogens is 1. The molecule has 0 amide bonds. The fourth-order valence-corrected chi connectivity index (χ4v) is 9.89. The molecule has 1 nitrogen and oxygen atoms in total. The summed E-state index contributed by atoms with van der Waals surface area (Å²) in [7, 11) is 0. The summed E-state index contributed by atoms with van der Waals surface area (Å²) in [6.45, 7) is 0. The molecule has 1 heteroatoms. The lowest BCUT2D eigenvalue weighted by atomic mass is 9.87. The normalized spacial score (nSPS) is 13.7. The minimum absolute atomic E-state index is 0.185. The molecule has 12 rings (SSSR count). The third kappa shape index (κ3) is 5.02. The first-order valence-corrected chi connectivity index (χ1v) is 20.0. The molecule has 0 fully saturated rings. The summed E-state index contributed by atoms with van der Waals surface area (Å²) in [6.07, 6.45) is 0.971. The first-order chi connectivity index (χ1) is 28.3. The van der Waals surface area contributed by atoms with Gasteiger partial charge in [-0.15, -0.1) is 0 Å². The van der Waals surface area contributed by atoms with Crippen LogP contribution in [-0.2, 0) is 6.42 Å². The summed E-state index contributed by atoms with van der Waals surface area (Å²) in [5.41, 5.74) is 23.4. The third-order valence-electron chi connectivity index (χ3n) is 12.5. The van der Waals surface area contributed by atoms with Crippen molar-refractivity contribution in [3.8, 4) is 61.3 Å². The first-order valence-electron chi connectivity index (χ1n) is 20.0. The number of fused-ring (bicyclic) bond motifs is 10. The van der Waals surface area contributed by atoms with Crippen LogP contribution in [0.4, 0.5) is 0 Å². The van der Waals surface area contributed by atoms with Gasteiger partial charge in [0.15, 0.2) is 0 Å². The van der Waals surface area contributed by atoms with Gasteiger partial charge in [0.2, 0.25) is 0 Å². The summed E-state index contributed by atoms with van der Waals surface area (Å²) in [5, 5.41) is 2.63. The van der Waals surface area contributed by atoms with Crippen molar-refractivity contribution < 1.29 is 0 Å². The highest BCUT2D eigenvalue weighted by molar-refractivity contribution is 6.18. The minimum Gasteiger partial charge on any atom is -0.309 e. The zero-order valence-corrected chi connectivity index (χ0v) is 31.4. The van der Waals surface area contributed by atoms with Crippen LogP contribution in [0.3, 0.4) is 0 Å². The number of rotatable bonds is 5. The Labute approximate surface area is 332 Å². The fraction of sp³-hybridized carbons (Fsp3) is 0.0357. The standard InChI is InChI=1S/C56H37N/c1-3-12-36(13-4-1)38-22-27-45(28-23-38)57-52-30-25-41(35-51(52)56-53(57)31-26-44-33-42-16-7-8-19-46(42)55(44)56)40-24-29-49-50(34-40)47-20-9-10-21-48(47)54(49)43-18-11-17-39(32-43)37-14-5-2-6-15-37/h1-32,34-35,54H,33H2. The van der Waals surface area contributed by atoms with E-state index >= 15 is 0 Å². The molecule has 1 heterocycles. The van der Waals surface area contributed by atoms with Crippen molar-refractivity contribution >= 4 is 21.8 Å². The van der Waals surface area contributed by atoms with Gasteiger partial charge in [-0.05, 0) is 126 Å². The van der Waals surface area contributed by atoms with Gasteiger partial charge >= 0.3 is 0 Å². The molecule has 9 aromatic carbocycles. The van der Waals surface area contributed by atoms with Crippen LogP contribution in [0.5, 0.6) is 0 Å². The van der Waals surface area contributed by atoms with Crippen LogP contribution >= 0.6 is 0 Å². The fourth-order valence-electron chi connectivity index (χ4n) is 9.89. The molecule has 2 aliphatic carbocycles. The highest BCUT2D eigenvalue weighted by atomic mass is 15.0. The molecular formula is C56H37N. The van der Waals surface area contributed by atoms with Crippen LogP contribution < -0.4 is 0 Å². The van der Waals surface area contributed by atoms with Crippen molar-refractivity contribution in [1.82, 2.24) is 4.57 Å². The van der Waals surface area contributed by atoms with E-state index in [1.54, 1.807) is 0 Å². The Morgan fingerprint density at radius 1 is 0.368 bits per heavy atom. The minimum atomic E-state index is 0.185. The van der Waals surface area contributed by atoms with Crippen molar-refractivity contribution in [1.29, 1.82) is 0 Å². The van der Waals surface area contributed by atoms with Gasteiger partial charge in [-0.1, -0.05) is 170 Å². The van der Waals surface area contributed by atoms with Gasteiger partial charge in [-0.3, -0.25) is 0 Å². The maximum atomic E-state index is 2.47. The zero-order valence-electron chi connectivity index (χ0n) is 31.4. The van der Waals surface area contributed by atoms with Crippen molar-refractivity contribution in [2.75, 3.05) is 0 Å². The van der Waals surface area contributed by atoms with Crippen LogP contribution in [0.2, 0.25) is 0 Å². The van der Waals surface area contributed by atoms with E-state index in [1.807, 2.05) is 0 Å². The highest BCUT2D eigenvalue weighted by Gasteiger charge is 2.31. The van der Waals surface area contributed by atoms with E-state index in [0.29, 0.717) is 0 Å². The Morgan fingerprint density at radius 3 is 1.79 bits per heavy atom. The van der Waals surface area contributed by atoms with Gasteiger partial charge in [0.05, 0.1) is 11.0 Å². The molecule has 2 aliphatic rings. The molecule has 0 saturated heterocycles. The third-order valence-corrected chi connectivity index (χ3v) is 12.5. The largest absolute Gasteiger partial charge is 0.309 e. The quantitative estimate of drug-likeness (QED) is 0.167. The maximum Gasteiger partial charge on any atom is 0.0547 e. The van der Waals surface area contributed by atoms with Gasteiger partial charge < -0.3 is 4.57 Å². The van der Waals surface area contributed by atoms with Gasteiger partial charge in [0.25, 0.3) is 0 Å². The predicted molar refractivity (Wildman–Crippen MR) is 238 cm³/mol. The Kier molecular flexibility index (Phi) is 7.12. The van der Waals surface area contributed by atoms with Crippen molar-refractivity contribution in [3.63, 3.8) is 0 Å². The maximum absolute atomic E-state index is 2.47. The molecule has 1 atom stereocenters. The van der Waals surface area contributed by atoms with E-state index in [0.717, 1.165) is 6.42 Å². The molecule has 0 spiro atoms. The van der Waals surface area contributed by atoms with E-state index in [2.05, 4.69) is 211 Å². The van der Waals surface area contributed by atoms with Gasteiger partial charge in [-0.25, -0.2) is 0 Å². The van der Waals surface area contributed by atoms with Crippen LogP contribution in [0.1, 0.15) is 33.7 Å². The number of hydrogen-bond acceptors (Lipinski definition) is 0. The van der Waals surface area contributed by atoms with Crippen LogP contribution in [0, 0.1) is 0 Å². The second-order valence-electron chi connectivity index (χ2n) is 15.6. The highest BCUT2D eigenvalue weighted by Crippen LogP contribution is 2.50. The average Bonchev–Trinajstić information content (AvgIpc) is 3.94. The Bertz CT molecular complexity index is 3190. The van der Waals surface area contributed by atoms with Gasteiger partial charge in [0, 0.05) is 22.4 Å². The molecule has 0 aliphatic heterocycles. The molecule has 57 heavy (non-hydrogen) atoms. The van der Waals surface area contributed by atoms with Crippen LogP contribution in [-0.4, -0.2) is 4.57 Å². The van der Waals surface area contributed by atoms with Crippen molar-refractivity contribution in [2.24, 2.45) is 0 Å². The summed E-state index contributed by atoms with van der Waals surface area (Å²) in [5.74, 6) is 0.185. The smallest absolute Gasteiger partial charge is 0.0547 e. The molecule has 0 saturated carbocycles. The second kappa shape index (κ2) is 12.7. The number of benzene rings is 9. The first kappa shape index (κ1) is 32.1. The summed E-state index contributed by atoms with van der Waals surface area (Å²) in [6, 6.07) is 76.5. The lowest BCUT2D eigenvalue weighted by Crippen LogP contribution is -1.99. The molecule has 0 N–H and O–H groups in total. The van der Waals surface area contributed by atoms with Gasteiger partial charge in [0.1, 0.15) is 0 Å². The van der Waals surface area contributed by atoms with Gasteiger partial charge in [-0.2, -0.15) is 0 Å². The Morgan fingerprint density at radius 2 is 0.965 bits per heavy atom. The van der Waals surface area contributed by atoms with E-state index in [4.69, 9.17) is 0 Å². The molecule has 1 aromatic heterocycles. The second-order valence-corrected chi connectivity index (χ2v) is 15.6. The molecule has 0 radical (unpaired) electrons. The monoisotopic (exact) mass is 723 g/mol. The van der Waals surface area contributed by atoms with E-state index in [9.17, 15) is 0 Å². The van der Waals surface area contributed by atoms with Crippen molar-refractivity contribution in [3.05, 3.63) is 234 Å². The lowest BCUT2D eigenvalue weighted by molar-refractivity contribution is 1.02.